The fraction of sp³-hybridized carbons (Fsp3) is 0.476. The molecule has 11 heteroatoms. The molecule has 1 fully saturated rings. The van der Waals surface area contributed by atoms with Gasteiger partial charge in [-0.3, -0.25) is 0 Å². The highest BCUT2D eigenvalue weighted by atomic mass is 32.2. The van der Waals surface area contributed by atoms with Crippen LogP contribution >= 0.6 is 0 Å². The number of nitrogens with zero attached hydrogens (tertiary/aromatic N) is 4. The third kappa shape index (κ3) is 4.69. The number of rotatable bonds is 8. The molecule has 1 aliphatic heterocycles. The zero-order valence-electron chi connectivity index (χ0n) is 18.5. The van der Waals surface area contributed by atoms with Crippen LogP contribution in [-0.4, -0.2) is 54.2 Å². The number of sulfonamides is 1. The molecule has 10 nitrogen and oxygen atoms in total. The van der Waals surface area contributed by atoms with Crippen molar-refractivity contribution in [3.8, 4) is 6.01 Å². The Kier molecular flexibility index (Phi) is 6.58. The molecule has 4 rings (SSSR count). The van der Waals surface area contributed by atoms with E-state index in [0.717, 1.165) is 31.5 Å². The van der Waals surface area contributed by atoms with Crippen LogP contribution in [0, 0.1) is 0 Å². The molecule has 1 saturated heterocycles. The Bertz CT molecular complexity index is 1190. The van der Waals surface area contributed by atoms with Crippen molar-refractivity contribution < 1.29 is 13.2 Å². The molecule has 3 N–H and O–H groups in total. The first-order valence-electron chi connectivity index (χ1n) is 10.8. The summed E-state index contributed by atoms with van der Waals surface area (Å²) >= 11 is 0. The van der Waals surface area contributed by atoms with Gasteiger partial charge in [0.2, 0.25) is 16.0 Å². The van der Waals surface area contributed by atoms with Crippen LogP contribution in [0.5, 0.6) is 6.01 Å². The number of anilines is 1. The molecule has 2 aromatic heterocycles. The topological polar surface area (TPSA) is 123 Å². The van der Waals surface area contributed by atoms with Gasteiger partial charge in [0.05, 0.1) is 11.1 Å². The van der Waals surface area contributed by atoms with Gasteiger partial charge in [-0.05, 0) is 44.0 Å². The highest BCUT2D eigenvalue weighted by Crippen LogP contribution is 2.24. The van der Waals surface area contributed by atoms with Gasteiger partial charge in [0.15, 0.2) is 5.65 Å². The second kappa shape index (κ2) is 9.39. The van der Waals surface area contributed by atoms with Crippen LogP contribution in [0.2, 0.25) is 0 Å². The summed E-state index contributed by atoms with van der Waals surface area (Å²) in [6.45, 7) is 6.14. The van der Waals surface area contributed by atoms with Crippen LogP contribution in [0.3, 0.4) is 0 Å². The Morgan fingerprint density at radius 1 is 1.28 bits per heavy atom. The van der Waals surface area contributed by atoms with Gasteiger partial charge in [-0.2, -0.15) is 19.6 Å². The maximum absolute atomic E-state index is 12.4. The fourth-order valence-electron chi connectivity index (χ4n) is 3.72. The number of aromatic nitrogens is 4. The summed E-state index contributed by atoms with van der Waals surface area (Å²) in [6, 6.07) is 7.13. The van der Waals surface area contributed by atoms with Gasteiger partial charge >= 0.3 is 6.01 Å². The van der Waals surface area contributed by atoms with Crippen LogP contribution in [-0.2, 0) is 16.6 Å². The standard InChI is InChI=1S/C21H29N7O3S/c1-14(2)17-13-25-28-19(17)26-21(31-16-8-6-10-23-12-16)27-20(28)24-11-15-7-4-5-9-18(15)32(29,30)22-3/h4-5,7,9,13-14,16,22-23H,6,8,10-12H2,1-3H3,(H,24,26,27). The smallest absolute Gasteiger partial charge is 0.322 e. The third-order valence-electron chi connectivity index (χ3n) is 5.49. The summed E-state index contributed by atoms with van der Waals surface area (Å²) in [5.74, 6) is 0.665. The van der Waals surface area contributed by atoms with E-state index in [1.807, 2.05) is 0 Å². The van der Waals surface area contributed by atoms with Gasteiger partial charge in [-0.15, -0.1) is 0 Å². The molecule has 1 unspecified atom stereocenters. The predicted molar refractivity (Wildman–Crippen MR) is 121 cm³/mol. The lowest BCUT2D eigenvalue weighted by Crippen LogP contribution is -2.37. The van der Waals surface area contributed by atoms with Crippen LogP contribution in [0.25, 0.3) is 5.65 Å². The normalized spacial score (nSPS) is 17.1. The Morgan fingerprint density at radius 2 is 2.09 bits per heavy atom. The molecular formula is C21H29N7O3S. The van der Waals surface area contributed by atoms with Gasteiger partial charge in [0, 0.05) is 18.7 Å². The molecule has 0 amide bonds. The molecule has 1 atom stereocenters. The van der Waals surface area contributed by atoms with Crippen molar-refractivity contribution in [3.63, 3.8) is 0 Å². The summed E-state index contributed by atoms with van der Waals surface area (Å²) in [5, 5.41) is 11.0. The molecule has 32 heavy (non-hydrogen) atoms. The molecule has 0 aliphatic carbocycles. The lowest BCUT2D eigenvalue weighted by Gasteiger charge is -2.23. The lowest BCUT2D eigenvalue weighted by atomic mass is 10.1. The molecule has 0 bridgehead atoms. The fourth-order valence-corrected chi connectivity index (χ4v) is 4.68. The van der Waals surface area contributed by atoms with Gasteiger partial charge < -0.3 is 15.4 Å². The molecule has 1 aromatic carbocycles. The number of fused-ring (bicyclic) bond motifs is 1. The van der Waals surface area contributed by atoms with E-state index in [4.69, 9.17) is 4.74 Å². The van der Waals surface area contributed by atoms with Crippen molar-refractivity contribution in [2.24, 2.45) is 0 Å². The first kappa shape index (κ1) is 22.4. The first-order chi connectivity index (χ1) is 15.4. The van der Waals surface area contributed by atoms with Crippen LogP contribution < -0.4 is 20.1 Å². The van der Waals surface area contributed by atoms with Crippen molar-refractivity contribution in [2.45, 2.75) is 50.2 Å². The summed E-state index contributed by atoms with van der Waals surface area (Å²) in [5.41, 5.74) is 2.27. The number of ether oxygens (including phenoxy) is 1. The highest BCUT2D eigenvalue weighted by Gasteiger charge is 2.21. The summed E-state index contributed by atoms with van der Waals surface area (Å²) in [4.78, 5) is 9.40. The van der Waals surface area contributed by atoms with Crippen LogP contribution in [0.15, 0.2) is 35.4 Å². The lowest BCUT2D eigenvalue weighted by molar-refractivity contribution is 0.153. The van der Waals surface area contributed by atoms with Crippen molar-refractivity contribution in [1.82, 2.24) is 29.6 Å². The van der Waals surface area contributed by atoms with E-state index in [0.29, 0.717) is 17.2 Å². The minimum absolute atomic E-state index is 0.00553. The van der Waals surface area contributed by atoms with Crippen LogP contribution in [0.4, 0.5) is 5.95 Å². The number of hydrogen-bond donors (Lipinski definition) is 3. The Hall–Kier alpha value is -2.76. The zero-order chi connectivity index (χ0) is 22.7. The van der Waals surface area contributed by atoms with Crippen LogP contribution in [0.1, 0.15) is 43.7 Å². The van der Waals surface area contributed by atoms with E-state index in [-0.39, 0.29) is 29.5 Å². The van der Waals surface area contributed by atoms with Crippen molar-refractivity contribution in [1.29, 1.82) is 0 Å². The maximum atomic E-state index is 12.4. The minimum Gasteiger partial charge on any atom is -0.459 e. The molecule has 1 aliphatic rings. The predicted octanol–water partition coefficient (Wildman–Crippen LogP) is 1.90. The largest absolute Gasteiger partial charge is 0.459 e. The number of hydrogen-bond acceptors (Lipinski definition) is 8. The van der Waals surface area contributed by atoms with Gasteiger partial charge in [0.25, 0.3) is 0 Å². The SMILES string of the molecule is CNS(=O)(=O)c1ccccc1CNc1nc(OC2CCCNC2)nc2c(C(C)C)cnn12. The Morgan fingerprint density at radius 3 is 2.81 bits per heavy atom. The first-order valence-corrected chi connectivity index (χ1v) is 12.3. The number of piperidine rings is 1. The van der Waals surface area contributed by atoms with Crippen molar-refractivity contribution in [2.75, 3.05) is 25.5 Å². The number of nitrogens with one attached hydrogen (secondary N) is 3. The quantitative estimate of drug-likeness (QED) is 0.467. The Balaban J connectivity index is 1.67. The van der Waals surface area contributed by atoms with Gasteiger partial charge in [0.1, 0.15) is 6.10 Å². The molecule has 0 radical (unpaired) electrons. The summed E-state index contributed by atoms with van der Waals surface area (Å²) < 4.78 is 34.9. The van der Waals surface area contributed by atoms with E-state index in [1.54, 1.807) is 35.0 Å². The second-order valence-electron chi connectivity index (χ2n) is 8.07. The van der Waals surface area contributed by atoms with Crippen molar-refractivity contribution >= 4 is 21.6 Å². The zero-order valence-corrected chi connectivity index (χ0v) is 19.3. The van der Waals surface area contributed by atoms with Gasteiger partial charge in [-0.25, -0.2) is 13.1 Å². The average Bonchev–Trinajstić information content (AvgIpc) is 3.23. The Labute approximate surface area is 187 Å². The van der Waals surface area contributed by atoms with E-state index < -0.39 is 10.0 Å². The van der Waals surface area contributed by atoms with E-state index in [1.165, 1.54) is 7.05 Å². The summed E-state index contributed by atoms with van der Waals surface area (Å²) in [6.07, 6.45) is 3.77. The highest BCUT2D eigenvalue weighted by molar-refractivity contribution is 7.89. The van der Waals surface area contributed by atoms with E-state index in [2.05, 4.69) is 44.3 Å². The third-order valence-corrected chi connectivity index (χ3v) is 7.00. The molecule has 0 saturated carbocycles. The summed E-state index contributed by atoms with van der Waals surface area (Å²) in [7, 11) is -2.19. The minimum atomic E-state index is -3.59. The van der Waals surface area contributed by atoms with E-state index in [9.17, 15) is 8.42 Å². The van der Waals surface area contributed by atoms with Crippen molar-refractivity contribution in [3.05, 3.63) is 41.6 Å². The van der Waals surface area contributed by atoms with Gasteiger partial charge in [-0.1, -0.05) is 32.0 Å². The monoisotopic (exact) mass is 459 g/mol. The molecule has 0 spiro atoms. The maximum Gasteiger partial charge on any atom is 0.322 e. The molecule has 172 valence electrons. The average molecular weight is 460 g/mol. The number of benzene rings is 1. The molecule has 3 heterocycles. The second-order valence-corrected chi connectivity index (χ2v) is 9.93. The van der Waals surface area contributed by atoms with E-state index >= 15 is 0 Å². The molecular weight excluding hydrogens is 430 g/mol. The molecule has 3 aromatic rings.